The van der Waals surface area contributed by atoms with Crippen molar-refractivity contribution in [3.05, 3.63) is 59.7 Å². The van der Waals surface area contributed by atoms with Crippen molar-refractivity contribution in [2.45, 2.75) is 64.0 Å². The smallest absolute Gasteiger partial charge is 0.407 e. The number of amides is 2. The summed E-state index contributed by atoms with van der Waals surface area (Å²) in [5.74, 6) is -1.21. The molecule has 0 aliphatic heterocycles. The molecule has 35 heavy (non-hydrogen) atoms. The maximum Gasteiger partial charge on any atom is 0.407 e. The van der Waals surface area contributed by atoms with Gasteiger partial charge in [-0.3, -0.25) is 9.59 Å². The van der Waals surface area contributed by atoms with Crippen LogP contribution in [0.25, 0.3) is 11.1 Å². The Morgan fingerprint density at radius 3 is 2.17 bits per heavy atom. The lowest BCUT2D eigenvalue weighted by Gasteiger charge is -2.22. The highest BCUT2D eigenvalue weighted by Gasteiger charge is 2.33. The number of hydrogen-bond donors (Lipinski definition) is 3. The minimum Gasteiger partial charge on any atom is -0.481 e. The number of nitrogens with one attached hydrogen (secondary N) is 2. The molecule has 7 heteroatoms. The molecule has 0 saturated heterocycles. The minimum absolute atomic E-state index is 0.0532. The van der Waals surface area contributed by atoms with Crippen LogP contribution in [0, 0.1) is 11.8 Å². The van der Waals surface area contributed by atoms with E-state index in [1.165, 1.54) is 0 Å². The summed E-state index contributed by atoms with van der Waals surface area (Å²) in [6.45, 7) is 4.31. The van der Waals surface area contributed by atoms with Gasteiger partial charge < -0.3 is 20.5 Å². The lowest BCUT2D eigenvalue weighted by molar-refractivity contribution is -0.141. The fourth-order valence-electron chi connectivity index (χ4n) is 5.19. The third-order valence-electron chi connectivity index (χ3n) is 7.11. The molecule has 1 fully saturated rings. The van der Waals surface area contributed by atoms with Crippen LogP contribution in [0.2, 0.25) is 0 Å². The molecule has 2 aliphatic rings. The number of carbonyl (C=O) groups excluding carboxylic acids is 2. The summed E-state index contributed by atoms with van der Waals surface area (Å²) < 4.78 is 5.64. The van der Waals surface area contributed by atoms with Gasteiger partial charge in [0, 0.05) is 12.0 Å². The molecule has 2 amide bonds. The van der Waals surface area contributed by atoms with Crippen molar-refractivity contribution in [2.75, 3.05) is 6.61 Å². The van der Waals surface area contributed by atoms with Crippen LogP contribution in [0.4, 0.5) is 4.79 Å². The van der Waals surface area contributed by atoms with E-state index in [2.05, 4.69) is 48.7 Å². The highest BCUT2D eigenvalue weighted by atomic mass is 16.5. The van der Waals surface area contributed by atoms with Crippen molar-refractivity contribution >= 4 is 18.0 Å². The van der Waals surface area contributed by atoms with E-state index in [9.17, 15) is 19.5 Å². The third kappa shape index (κ3) is 5.84. The molecule has 0 aromatic heterocycles. The maximum absolute atomic E-state index is 13.0. The van der Waals surface area contributed by atoms with Gasteiger partial charge in [0.05, 0.1) is 5.92 Å². The Morgan fingerprint density at radius 2 is 1.60 bits per heavy atom. The Bertz CT molecular complexity index is 1040. The summed E-state index contributed by atoms with van der Waals surface area (Å²) in [6.07, 6.45) is 2.24. The van der Waals surface area contributed by atoms with E-state index < -0.39 is 24.0 Å². The predicted octanol–water partition coefficient (Wildman–Crippen LogP) is 4.70. The molecule has 7 nitrogen and oxygen atoms in total. The van der Waals surface area contributed by atoms with Gasteiger partial charge in [0.15, 0.2) is 0 Å². The first kappa shape index (κ1) is 24.8. The topological polar surface area (TPSA) is 105 Å². The largest absolute Gasteiger partial charge is 0.481 e. The second-order valence-electron chi connectivity index (χ2n) is 10.0. The van der Waals surface area contributed by atoms with Gasteiger partial charge in [-0.15, -0.1) is 0 Å². The normalized spacial score (nSPS) is 19.6. The molecule has 2 aliphatic carbocycles. The highest BCUT2D eigenvalue weighted by Crippen LogP contribution is 2.44. The van der Waals surface area contributed by atoms with Gasteiger partial charge in [0.2, 0.25) is 5.91 Å². The summed E-state index contributed by atoms with van der Waals surface area (Å²) in [5.41, 5.74) is 4.57. The third-order valence-corrected chi connectivity index (χ3v) is 7.11. The molecule has 1 saturated carbocycles. The monoisotopic (exact) mass is 478 g/mol. The molecule has 3 N–H and O–H groups in total. The number of carboxylic acids is 1. The second kappa shape index (κ2) is 10.9. The Labute approximate surface area is 206 Å². The number of fused-ring (bicyclic) bond motifs is 3. The zero-order valence-electron chi connectivity index (χ0n) is 20.3. The first-order valence-electron chi connectivity index (χ1n) is 12.5. The van der Waals surface area contributed by atoms with E-state index in [1.807, 2.05) is 24.3 Å². The SMILES string of the molecule is CC(C)CCC(NC(=O)OCC1c2ccccc2-c2ccccc21)C(=O)N[C@@H]1CC[C@H](C(=O)O)C1. The average molecular weight is 479 g/mol. The quantitative estimate of drug-likeness (QED) is 0.485. The number of rotatable bonds is 9. The van der Waals surface area contributed by atoms with Crippen LogP contribution in [0.5, 0.6) is 0 Å². The molecule has 1 unspecified atom stereocenters. The summed E-state index contributed by atoms with van der Waals surface area (Å²) in [4.78, 5) is 37.0. The number of benzene rings is 2. The highest BCUT2D eigenvalue weighted by molar-refractivity contribution is 5.86. The first-order chi connectivity index (χ1) is 16.8. The summed E-state index contributed by atoms with van der Waals surface area (Å²) in [6, 6.07) is 15.4. The predicted molar refractivity (Wildman–Crippen MR) is 133 cm³/mol. The molecule has 2 aromatic rings. The lowest BCUT2D eigenvalue weighted by Crippen LogP contribution is -2.49. The summed E-state index contributed by atoms with van der Waals surface area (Å²) >= 11 is 0. The number of hydrogen-bond acceptors (Lipinski definition) is 4. The number of alkyl carbamates (subject to hydrolysis) is 1. The van der Waals surface area contributed by atoms with E-state index in [-0.39, 0.29) is 24.5 Å². The maximum atomic E-state index is 13.0. The molecule has 4 rings (SSSR count). The molecule has 0 radical (unpaired) electrons. The van der Waals surface area contributed by atoms with Crippen LogP contribution >= 0.6 is 0 Å². The van der Waals surface area contributed by atoms with Crippen molar-refractivity contribution in [2.24, 2.45) is 11.8 Å². The van der Waals surface area contributed by atoms with Gasteiger partial charge in [-0.25, -0.2) is 4.79 Å². The van der Waals surface area contributed by atoms with E-state index in [0.29, 0.717) is 31.6 Å². The number of aliphatic carboxylic acids is 1. The van der Waals surface area contributed by atoms with Crippen LogP contribution in [0.3, 0.4) is 0 Å². The molecule has 0 bridgehead atoms. The summed E-state index contributed by atoms with van der Waals surface area (Å²) in [7, 11) is 0. The van der Waals surface area contributed by atoms with Gasteiger partial charge in [0.1, 0.15) is 12.6 Å². The van der Waals surface area contributed by atoms with Crippen molar-refractivity contribution in [1.82, 2.24) is 10.6 Å². The number of carbonyl (C=O) groups is 3. The second-order valence-corrected chi connectivity index (χ2v) is 10.0. The molecular weight excluding hydrogens is 444 g/mol. The Balaban J connectivity index is 1.37. The van der Waals surface area contributed by atoms with Gasteiger partial charge in [-0.2, -0.15) is 0 Å². The molecule has 0 spiro atoms. The van der Waals surface area contributed by atoms with Crippen LogP contribution in [-0.4, -0.2) is 41.8 Å². The van der Waals surface area contributed by atoms with Crippen LogP contribution in [0.1, 0.15) is 63.0 Å². The summed E-state index contributed by atoms with van der Waals surface area (Å²) in [5, 5.41) is 14.9. The van der Waals surface area contributed by atoms with E-state index in [0.717, 1.165) is 28.7 Å². The van der Waals surface area contributed by atoms with Crippen molar-refractivity contribution in [3.8, 4) is 11.1 Å². The zero-order valence-corrected chi connectivity index (χ0v) is 20.3. The van der Waals surface area contributed by atoms with E-state index >= 15 is 0 Å². The van der Waals surface area contributed by atoms with Gasteiger partial charge in [-0.05, 0) is 60.3 Å². The van der Waals surface area contributed by atoms with Crippen molar-refractivity contribution in [3.63, 3.8) is 0 Å². The zero-order chi connectivity index (χ0) is 24.9. The van der Waals surface area contributed by atoms with Gasteiger partial charge in [0.25, 0.3) is 0 Å². The van der Waals surface area contributed by atoms with Gasteiger partial charge in [-0.1, -0.05) is 62.4 Å². The van der Waals surface area contributed by atoms with E-state index in [1.54, 1.807) is 0 Å². The molecule has 186 valence electrons. The van der Waals surface area contributed by atoms with Crippen molar-refractivity contribution in [1.29, 1.82) is 0 Å². The molecule has 3 atom stereocenters. The average Bonchev–Trinajstić information content (AvgIpc) is 3.43. The Kier molecular flexibility index (Phi) is 7.73. The molecular formula is C28H34N2O5. The Hall–Kier alpha value is -3.35. The first-order valence-corrected chi connectivity index (χ1v) is 12.5. The van der Waals surface area contributed by atoms with Crippen LogP contribution in [-0.2, 0) is 14.3 Å². The molecule has 2 aromatic carbocycles. The number of ether oxygens (including phenoxy) is 1. The minimum atomic E-state index is -0.824. The van der Waals surface area contributed by atoms with Crippen LogP contribution in [0.15, 0.2) is 48.5 Å². The Morgan fingerprint density at radius 1 is 0.971 bits per heavy atom. The molecule has 0 heterocycles. The number of carboxylic acid groups (broad SMARTS) is 1. The standard InChI is InChI=1S/C28H34N2O5/c1-17(2)11-14-25(26(31)29-19-13-12-18(15-19)27(32)33)30-28(34)35-16-24-22-9-5-3-7-20(22)21-8-4-6-10-23(21)24/h3-10,17-19,24-25H,11-16H2,1-2H3,(H,29,31)(H,30,34)(H,32,33)/t18-,19+,25?/m0/s1. The van der Waals surface area contributed by atoms with E-state index in [4.69, 9.17) is 4.74 Å². The van der Waals surface area contributed by atoms with Crippen molar-refractivity contribution < 1.29 is 24.2 Å². The van der Waals surface area contributed by atoms with Gasteiger partial charge >= 0.3 is 12.1 Å². The fraction of sp³-hybridized carbons (Fsp3) is 0.464. The van der Waals surface area contributed by atoms with Crippen LogP contribution < -0.4 is 10.6 Å². The lowest BCUT2D eigenvalue weighted by atomic mass is 9.98. The fourth-order valence-corrected chi connectivity index (χ4v) is 5.19.